The van der Waals surface area contributed by atoms with Gasteiger partial charge in [-0.05, 0) is 61.2 Å². The summed E-state index contributed by atoms with van der Waals surface area (Å²) in [5.74, 6) is -0.218. The number of hydrogen-bond acceptors (Lipinski definition) is 2. The van der Waals surface area contributed by atoms with E-state index in [-0.39, 0.29) is 11.8 Å². The van der Waals surface area contributed by atoms with Gasteiger partial charge in [0.1, 0.15) is 0 Å². The first-order valence-corrected chi connectivity index (χ1v) is 9.06. The van der Waals surface area contributed by atoms with Crippen LogP contribution in [0.5, 0.6) is 0 Å². The molecule has 4 nitrogen and oxygen atoms in total. The molecule has 0 spiro atoms. The summed E-state index contributed by atoms with van der Waals surface area (Å²) in [6.07, 6.45) is 5.26. The van der Waals surface area contributed by atoms with Crippen LogP contribution in [0.3, 0.4) is 0 Å². The van der Waals surface area contributed by atoms with Crippen molar-refractivity contribution in [1.82, 2.24) is 4.90 Å². The van der Waals surface area contributed by atoms with Crippen molar-refractivity contribution in [1.29, 1.82) is 0 Å². The first kappa shape index (κ1) is 18.2. The Hall–Kier alpha value is -2.59. The zero-order valence-corrected chi connectivity index (χ0v) is 15.4. The summed E-state index contributed by atoms with van der Waals surface area (Å²) >= 11 is 5.94. The maximum atomic E-state index is 12.6. The number of anilines is 1. The van der Waals surface area contributed by atoms with Crippen molar-refractivity contribution in [2.24, 2.45) is 0 Å². The van der Waals surface area contributed by atoms with Gasteiger partial charge in [-0.2, -0.15) is 0 Å². The molecule has 2 amide bonds. The fourth-order valence-electron chi connectivity index (χ4n) is 3.05. The van der Waals surface area contributed by atoms with E-state index in [1.54, 1.807) is 30.3 Å². The number of carbonyl (C=O) groups is 2. The predicted molar refractivity (Wildman–Crippen MR) is 105 cm³/mol. The average molecular weight is 369 g/mol. The molecule has 0 bridgehead atoms. The van der Waals surface area contributed by atoms with E-state index in [4.69, 9.17) is 11.6 Å². The summed E-state index contributed by atoms with van der Waals surface area (Å²) in [7, 11) is 0. The van der Waals surface area contributed by atoms with Crippen LogP contribution in [-0.2, 0) is 4.79 Å². The third-order valence-electron chi connectivity index (χ3n) is 4.49. The lowest BCUT2D eigenvalue weighted by molar-refractivity contribution is -0.111. The molecule has 1 heterocycles. The number of nitrogens with one attached hydrogen (secondary N) is 1. The second-order valence-corrected chi connectivity index (χ2v) is 6.79. The van der Waals surface area contributed by atoms with Crippen molar-refractivity contribution < 1.29 is 9.59 Å². The zero-order valence-electron chi connectivity index (χ0n) is 14.7. The van der Waals surface area contributed by atoms with Gasteiger partial charge >= 0.3 is 0 Å². The number of amides is 2. The maximum absolute atomic E-state index is 12.6. The highest BCUT2D eigenvalue weighted by Crippen LogP contribution is 2.22. The minimum Gasteiger partial charge on any atom is -0.339 e. The summed E-state index contributed by atoms with van der Waals surface area (Å²) in [6.45, 7) is 3.47. The Morgan fingerprint density at radius 3 is 2.58 bits per heavy atom. The average Bonchev–Trinajstić information content (AvgIpc) is 3.16. The van der Waals surface area contributed by atoms with E-state index in [0.29, 0.717) is 16.3 Å². The van der Waals surface area contributed by atoms with Gasteiger partial charge in [0.25, 0.3) is 5.91 Å². The molecule has 1 saturated heterocycles. The van der Waals surface area contributed by atoms with Gasteiger partial charge in [0.15, 0.2) is 0 Å². The van der Waals surface area contributed by atoms with Crippen molar-refractivity contribution in [3.8, 4) is 0 Å². The molecular weight excluding hydrogens is 348 g/mol. The van der Waals surface area contributed by atoms with Gasteiger partial charge in [-0.1, -0.05) is 29.8 Å². The van der Waals surface area contributed by atoms with E-state index in [1.165, 1.54) is 6.08 Å². The van der Waals surface area contributed by atoms with Gasteiger partial charge in [0.05, 0.1) is 0 Å². The van der Waals surface area contributed by atoms with Gasteiger partial charge in [-0.3, -0.25) is 9.59 Å². The van der Waals surface area contributed by atoms with Crippen LogP contribution in [0.15, 0.2) is 48.5 Å². The van der Waals surface area contributed by atoms with Crippen LogP contribution >= 0.6 is 11.6 Å². The Morgan fingerprint density at radius 1 is 1.12 bits per heavy atom. The lowest BCUT2D eigenvalue weighted by atomic mass is 10.1. The van der Waals surface area contributed by atoms with Crippen molar-refractivity contribution in [3.05, 3.63) is 70.3 Å². The van der Waals surface area contributed by atoms with Gasteiger partial charge in [0, 0.05) is 35.4 Å². The number of rotatable bonds is 4. The summed E-state index contributed by atoms with van der Waals surface area (Å²) in [6, 6.07) is 12.7. The number of benzene rings is 2. The van der Waals surface area contributed by atoms with E-state index in [2.05, 4.69) is 5.32 Å². The monoisotopic (exact) mass is 368 g/mol. The minimum absolute atomic E-state index is 0.0329. The van der Waals surface area contributed by atoms with Crippen LogP contribution in [-0.4, -0.2) is 29.8 Å². The highest BCUT2D eigenvalue weighted by molar-refractivity contribution is 6.30. The van der Waals surface area contributed by atoms with Crippen LogP contribution in [0.2, 0.25) is 5.02 Å². The lowest BCUT2D eigenvalue weighted by Gasteiger charge is -2.18. The molecule has 1 fully saturated rings. The van der Waals surface area contributed by atoms with Crippen molar-refractivity contribution in [2.75, 3.05) is 18.4 Å². The molecule has 0 aliphatic carbocycles. The molecule has 0 unspecified atom stereocenters. The summed E-state index contributed by atoms with van der Waals surface area (Å²) in [4.78, 5) is 26.7. The fourth-order valence-corrected chi connectivity index (χ4v) is 3.25. The summed E-state index contributed by atoms with van der Waals surface area (Å²) in [5.41, 5.74) is 2.93. The fraction of sp³-hybridized carbons (Fsp3) is 0.238. The normalized spacial score (nSPS) is 14.0. The maximum Gasteiger partial charge on any atom is 0.254 e. The van der Waals surface area contributed by atoms with Crippen LogP contribution in [0.4, 0.5) is 5.69 Å². The molecule has 0 aromatic heterocycles. The molecule has 5 heteroatoms. The Morgan fingerprint density at radius 2 is 1.85 bits per heavy atom. The minimum atomic E-state index is -0.251. The first-order valence-electron chi connectivity index (χ1n) is 8.68. The first-order chi connectivity index (χ1) is 12.5. The zero-order chi connectivity index (χ0) is 18.5. The molecule has 0 radical (unpaired) electrons. The Labute approximate surface area is 158 Å². The largest absolute Gasteiger partial charge is 0.339 e. The highest BCUT2D eigenvalue weighted by Gasteiger charge is 2.21. The Kier molecular flexibility index (Phi) is 5.74. The molecule has 26 heavy (non-hydrogen) atoms. The van der Waals surface area contributed by atoms with E-state index in [9.17, 15) is 9.59 Å². The van der Waals surface area contributed by atoms with E-state index >= 15 is 0 Å². The second kappa shape index (κ2) is 8.19. The van der Waals surface area contributed by atoms with Crippen LogP contribution in [0, 0.1) is 6.92 Å². The lowest BCUT2D eigenvalue weighted by Crippen LogP contribution is -2.28. The molecule has 0 saturated carbocycles. The number of halogens is 1. The Bertz CT molecular complexity index is 855. The quantitative estimate of drug-likeness (QED) is 0.805. The standard InChI is InChI=1S/C21H21ClN2O2/c1-15-18(21(26)24-12-2-3-13-24)8-5-9-19(15)23-20(25)11-10-16-6-4-7-17(22)14-16/h4-11,14H,2-3,12-13H2,1H3,(H,23,25)/b11-10-. The smallest absolute Gasteiger partial charge is 0.254 e. The summed E-state index contributed by atoms with van der Waals surface area (Å²) < 4.78 is 0. The third-order valence-corrected chi connectivity index (χ3v) is 4.73. The van der Waals surface area contributed by atoms with Crippen molar-refractivity contribution in [2.45, 2.75) is 19.8 Å². The second-order valence-electron chi connectivity index (χ2n) is 6.36. The third kappa shape index (κ3) is 4.33. The SMILES string of the molecule is Cc1c(NC(=O)/C=C\c2cccc(Cl)c2)cccc1C(=O)N1CCCC1. The molecule has 1 aliphatic heterocycles. The molecule has 2 aromatic rings. The van der Waals surface area contributed by atoms with Gasteiger partial charge < -0.3 is 10.2 Å². The topological polar surface area (TPSA) is 49.4 Å². The van der Waals surface area contributed by atoms with Crippen molar-refractivity contribution in [3.63, 3.8) is 0 Å². The number of likely N-dealkylation sites (tertiary alicyclic amines) is 1. The molecule has 1 aliphatic rings. The van der Waals surface area contributed by atoms with Crippen LogP contribution in [0.1, 0.15) is 34.3 Å². The molecule has 0 atom stereocenters. The molecule has 2 aromatic carbocycles. The van der Waals surface area contributed by atoms with Gasteiger partial charge in [0.2, 0.25) is 5.91 Å². The number of carbonyl (C=O) groups excluding carboxylic acids is 2. The van der Waals surface area contributed by atoms with Crippen LogP contribution < -0.4 is 5.32 Å². The molecular formula is C21H21ClN2O2. The van der Waals surface area contributed by atoms with E-state index < -0.39 is 0 Å². The van der Waals surface area contributed by atoms with E-state index in [1.807, 2.05) is 30.0 Å². The predicted octanol–water partition coefficient (Wildman–Crippen LogP) is 4.54. The van der Waals surface area contributed by atoms with Gasteiger partial charge in [-0.25, -0.2) is 0 Å². The number of hydrogen-bond donors (Lipinski definition) is 1. The Balaban J connectivity index is 1.72. The molecule has 134 valence electrons. The van der Waals surface area contributed by atoms with Crippen molar-refractivity contribution >= 4 is 35.2 Å². The summed E-state index contributed by atoms with van der Waals surface area (Å²) in [5, 5.41) is 3.47. The molecule has 3 rings (SSSR count). The van der Waals surface area contributed by atoms with Crippen LogP contribution in [0.25, 0.3) is 6.08 Å². The van der Waals surface area contributed by atoms with E-state index in [0.717, 1.165) is 37.1 Å². The molecule has 1 N–H and O–H groups in total. The highest BCUT2D eigenvalue weighted by atomic mass is 35.5. The number of nitrogens with zero attached hydrogens (tertiary/aromatic N) is 1. The van der Waals surface area contributed by atoms with Gasteiger partial charge in [-0.15, -0.1) is 0 Å².